The van der Waals surface area contributed by atoms with E-state index in [-0.39, 0.29) is 35.8 Å². The van der Waals surface area contributed by atoms with Gasteiger partial charge in [0, 0.05) is 18.5 Å². The minimum Gasteiger partial charge on any atom is -0.493 e. The standard InChI is InChI=1S/C23H33FN2O5S/c1-16(2)21(18-10-19(24)12-20(11-18)31-14-17-6-7-17)15-32(29,30)9-5-3-4-8-26-13-22(27)25-23(26)28/h10-12,16-17,21H,3-9,13-15H2,1-2H3,(H,25,27,28)/t21-/m1/s1. The van der Waals surface area contributed by atoms with Crippen molar-refractivity contribution in [1.29, 1.82) is 0 Å². The summed E-state index contributed by atoms with van der Waals surface area (Å²) in [7, 11) is -3.34. The number of nitrogens with one attached hydrogen (secondary N) is 1. The van der Waals surface area contributed by atoms with Gasteiger partial charge in [0.1, 0.15) is 18.1 Å². The first kappa shape index (κ1) is 24.5. The molecular weight excluding hydrogens is 435 g/mol. The number of sulfone groups is 1. The maximum Gasteiger partial charge on any atom is 0.324 e. The van der Waals surface area contributed by atoms with E-state index in [1.54, 1.807) is 6.07 Å². The van der Waals surface area contributed by atoms with Crippen LogP contribution >= 0.6 is 0 Å². The number of imide groups is 1. The number of hydrogen-bond donors (Lipinski definition) is 1. The Hall–Kier alpha value is -2.16. The highest BCUT2D eigenvalue weighted by atomic mass is 32.2. The van der Waals surface area contributed by atoms with Gasteiger partial charge in [0.25, 0.3) is 0 Å². The lowest BCUT2D eigenvalue weighted by Crippen LogP contribution is -2.29. The van der Waals surface area contributed by atoms with Crippen molar-refractivity contribution < 1.29 is 27.1 Å². The minimum atomic E-state index is -3.34. The topological polar surface area (TPSA) is 92.8 Å². The number of benzene rings is 1. The Labute approximate surface area is 189 Å². The van der Waals surface area contributed by atoms with Crippen LogP contribution in [0.5, 0.6) is 5.75 Å². The fourth-order valence-corrected chi connectivity index (χ4v) is 5.81. The van der Waals surface area contributed by atoms with E-state index in [0.29, 0.717) is 49.6 Å². The van der Waals surface area contributed by atoms with Crippen molar-refractivity contribution in [1.82, 2.24) is 10.2 Å². The SMILES string of the molecule is CC(C)[C@@H](CS(=O)(=O)CCCCCN1CC(=O)NC1=O)c1cc(F)cc(OCC2CC2)c1. The molecule has 7 nitrogen and oxygen atoms in total. The molecule has 1 saturated heterocycles. The van der Waals surface area contributed by atoms with Crippen LogP contribution in [0.1, 0.15) is 57.4 Å². The molecule has 178 valence electrons. The van der Waals surface area contributed by atoms with Crippen molar-refractivity contribution in [2.75, 3.05) is 31.2 Å². The van der Waals surface area contributed by atoms with Crippen LogP contribution in [-0.2, 0) is 14.6 Å². The number of ether oxygens (including phenoxy) is 1. The quantitative estimate of drug-likeness (QED) is 0.353. The first-order valence-electron chi connectivity index (χ1n) is 11.4. The number of urea groups is 1. The molecule has 0 spiro atoms. The summed E-state index contributed by atoms with van der Waals surface area (Å²) in [6, 6.07) is 4.14. The molecule has 9 heteroatoms. The van der Waals surface area contributed by atoms with Crippen LogP contribution in [0, 0.1) is 17.7 Å². The van der Waals surface area contributed by atoms with E-state index in [4.69, 9.17) is 4.74 Å². The molecule has 3 rings (SSSR count). The van der Waals surface area contributed by atoms with Crippen molar-refractivity contribution in [2.24, 2.45) is 11.8 Å². The number of halogens is 1. The highest BCUT2D eigenvalue weighted by molar-refractivity contribution is 7.91. The number of rotatable bonds is 13. The maximum atomic E-state index is 14.2. The van der Waals surface area contributed by atoms with Gasteiger partial charge >= 0.3 is 6.03 Å². The van der Waals surface area contributed by atoms with Gasteiger partial charge in [-0.05, 0) is 55.2 Å². The van der Waals surface area contributed by atoms with Crippen LogP contribution < -0.4 is 10.1 Å². The number of amides is 3. The average molecular weight is 469 g/mol. The molecule has 3 amide bonds. The van der Waals surface area contributed by atoms with Gasteiger partial charge in [-0.1, -0.05) is 20.3 Å². The predicted molar refractivity (Wildman–Crippen MR) is 120 cm³/mol. The molecule has 1 N–H and O–H groups in total. The Balaban J connectivity index is 1.51. The summed E-state index contributed by atoms with van der Waals surface area (Å²) < 4.78 is 45.5. The van der Waals surface area contributed by atoms with Crippen molar-refractivity contribution in [3.05, 3.63) is 29.6 Å². The summed E-state index contributed by atoms with van der Waals surface area (Å²) in [6.45, 7) is 4.95. The highest BCUT2D eigenvalue weighted by Crippen LogP contribution is 2.33. The molecule has 1 aliphatic heterocycles. The molecule has 0 unspecified atom stereocenters. The van der Waals surface area contributed by atoms with Crippen molar-refractivity contribution in [3.8, 4) is 5.75 Å². The molecule has 1 atom stereocenters. The van der Waals surface area contributed by atoms with Crippen LogP contribution in [0.15, 0.2) is 18.2 Å². The first-order chi connectivity index (χ1) is 15.1. The Bertz CT molecular complexity index is 930. The van der Waals surface area contributed by atoms with Gasteiger partial charge in [0.05, 0.1) is 18.1 Å². The van der Waals surface area contributed by atoms with E-state index in [1.807, 2.05) is 13.8 Å². The van der Waals surface area contributed by atoms with Gasteiger partial charge < -0.3 is 9.64 Å². The summed E-state index contributed by atoms with van der Waals surface area (Å²) in [5.41, 5.74) is 0.652. The van der Waals surface area contributed by atoms with Gasteiger partial charge in [0.15, 0.2) is 9.84 Å². The number of carbonyl (C=O) groups is 2. The van der Waals surface area contributed by atoms with Crippen LogP contribution in [-0.4, -0.2) is 56.5 Å². The van der Waals surface area contributed by atoms with Crippen molar-refractivity contribution >= 4 is 21.8 Å². The largest absolute Gasteiger partial charge is 0.493 e. The zero-order chi connectivity index (χ0) is 23.3. The summed E-state index contributed by atoms with van der Waals surface area (Å²) in [5.74, 6) is -0.0208. The monoisotopic (exact) mass is 468 g/mol. The Morgan fingerprint density at radius 3 is 2.53 bits per heavy atom. The number of carbonyl (C=O) groups excluding carboxylic acids is 2. The number of hydrogen-bond acceptors (Lipinski definition) is 5. The number of unbranched alkanes of at least 4 members (excludes halogenated alkanes) is 2. The van der Waals surface area contributed by atoms with Crippen molar-refractivity contribution in [3.63, 3.8) is 0 Å². The third-order valence-electron chi connectivity index (χ3n) is 5.99. The second-order valence-corrected chi connectivity index (χ2v) is 11.5. The molecular formula is C23H33FN2O5S. The fraction of sp³-hybridized carbons (Fsp3) is 0.652. The molecule has 1 heterocycles. The van der Waals surface area contributed by atoms with Gasteiger partial charge in [-0.3, -0.25) is 10.1 Å². The highest BCUT2D eigenvalue weighted by Gasteiger charge is 2.27. The molecule has 2 fully saturated rings. The Morgan fingerprint density at radius 2 is 1.91 bits per heavy atom. The zero-order valence-electron chi connectivity index (χ0n) is 18.8. The van der Waals surface area contributed by atoms with E-state index in [1.165, 1.54) is 17.0 Å². The molecule has 0 radical (unpaired) electrons. The van der Waals surface area contributed by atoms with Crippen LogP contribution in [0.3, 0.4) is 0 Å². The Kier molecular flexibility index (Phi) is 8.14. The van der Waals surface area contributed by atoms with Gasteiger partial charge in [-0.15, -0.1) is 0 Å². The third kappa shape index (κ3) is 7.46. The molecule has 0 bridgehead atoms. The molecule has 1 aromatic carbocycles. The molecule has 1 saturated carbocycles. The van der Waals surface area contributed by atoms with Crippen LogP contribution in [0.2, 0.25) is 0 Å². The summed E-state index contributed by atoms with van der Waals surface area (Å²) >= 11 is 0. The lowest BCUT2D eigenvalue weighted by Gasteiger charge is -2.22. The third-order valence-corrected chi connectivity index (χ3v) is 7.77. The molecule has 32 heavy (non-hydrogen) atoms. The van der Waals surface area contributed by atoms with Crippen LogP contribution in [0.25, 0.3) is 0 Å². The molecule has 2 aliphatic rings. The molecule has 1 aliphatic carbocycles. The van der Waals surface area contributed by atoms with Crippen LogP contribution in [0.4, 0.5) is 9.18 Å². The van der Waals surface area contributed by atoms with E-state index in [9.17, 15) is 22.4 Å². The van der Waals surface area contributed by atoms with Gasteiger partial charge in [-0.25, -0.2) is 17.6 Å². The summed E-state index contributed by atoms with van der Waals surface area (Å²) in [5, 5.41) is 2.22. The van der Waals surface area contributed by atoms with E-state index < -0.39 is 21.7 Å². The number of nitrogens with zero attached hydrogens (tertiary/aromatic N) is 1. The summed E-state index contributed by atoms with van der Waals surface area (Å²) in [4.78, 5) is 24.1. The van der Waals surface area contributed by atoms with E-state index in [2.05, 4.69) is 5.32 Å². The lowest BCUT2D eigenvalue weighted by atomic mass is 9.90. The minimum absolute atomic E-state index is 0.0223. The second-order valence-electron chi connectivity index (χ2n) is 9.28. The second kappa shape index (κ2) is 10.6. The normalized spacial score (nSPS) is 17.7. The van der Waals surface area contributed by atoms with Crippen molar-refractivity contribution in [2.45, 2.75) is 51.9 Å². The zero-order valence-corrected chi connectivity index (χ0v) is 19.6. The average Bonchev–Trinajstić information content (AvgIpc) is 3.47. The van der Waals surface area contributed by atoms with Gasteiger partial charge in [-0.2, -0.15) is 0 Å². The lowest BCUT2D eigenvalue weighted by molar-refractivity contribution is -0.118. The smallest absolute Gasteiger partial charge is 0.324 e. The fourth-order valence-electron chi connectivity index (χ4n) is 3.88. The van der Waals surface area contributed by atoms with E-state index in [0.717, 1.165) is 12.8 Å². The first-order valence-corrected chi connectivity index (χ1v) is 13.2. The van der Waals surface area contributed by atoms with E-state index >= 15 is 0 Å². The summed E-state index contributed by atoms with van der Waals surface area (Å²) in [6.07, 6.45) is 4.03. The molecule has 1 aromatic rings. The maximum absolute atomic E-state index is 14.2. The molecule has 0 aromatic heterocycles. The predicted octanol–water partition coefficient (Wildman–Crippen LogP) is 3.49. The van der Waals surface area contributed by atoms with Gasteiger partial charge in [0.2, 0.25) is 5.91 Å². The Morgan fingerprint density at radius 1 is 1.16 bits per heavy atom.